The van der Waals surface area contributed by atoms with Crippen LogP contribution in [0.2, 0.25) is 0 Å². The summed E-state index contributed by atoms with van der Waals surface area (Å²) in [4.78, 5) is 11.8. The second kappa shape index (κ2) is 7.08. The molecule has 0 saturated heterocycles. The Labute approximate surface area is 120 Å². The molecular formula is C16H22N2O2. The molecule has 4 nitrogen and oxygen atoms in total. The molecule has 0 radical (unpaired) electrons. The first-order chi connectivity index (χ1) is 9.67. The molecule has 20 heavy (non-hydrogen) atoms. The first kappa shape index (κ1) is 14.6. The fourth-order valence-corrected chi connectivity index (χ4v) is 2.47. The molecule has 1 aliphatic rings. The summed E-state index contributed by atoms with van der Waals surface area (Å²) in [6, 6.07) is 7.51. The van der Waals surface area contributed by atoms with Gasteiger partial charge in [0.15, 0.2) is 0 Å². The zero-order chi connectivity index (χ0) is 14.4. The summed E-state index contributed by atoms with van der Waals surface area (Å²) in [6.07, 6.45) is 4.79. The molecular weight excluding hydrogens is 252 g/mol. The molecule has 1 aliphatic carbocycles. The summed E-state index contributed by atoms with van der Waals surface area (Å²) in [7, 11) is 1.63. The van der Waals surface area contributed by atoms with E-state index in [0.717, 1.165) is 29.9 Å². The van der Waals surface area contributed by atoms with E-state index in [4.69, 9.17) is 4.74 Å². The third kappa shape index (κ3) is 4.37. The van der Waals surface area contributed by atoms with Crippen molar-refractivity contribution in [1.29, 1.82) is 0 Å². The van der Waals surface area contributed by atoms with E-state index in [-0.39, 0.29) is 5.91 Å². The summed E-state index contributed by atoms with van der Waals surface area (Å²) in [6.45, 7) is 2.23. The number of hydrogen-bond donors (Lipinski definition) is 1. The van der Waals surface area contributed by atoms with Crippen LogP contribution in [0.1, 0.15) is 38.2 Å². The summed E-state index contributed by atoms with van der Waals surface area (Å²) < 4.78 is 5.09. The van der Waals surface area contributed by atoms with Crippen LogP contribution in [0.4, 0.5) is 0 Å². The van der Waals surface area contributed by atoms with Gasteiger partial charge in [-0.15, -0.1) is 0 Å². The molecule has 0 spiro atoms. The molecule has 0 aliphatic heterocycles. The van der Waals surface area contributed by atoms with Crippen LogP contribution in [0, 0.1) is 5.92 Å². The average Bonchev–Trinajstić information content (AvgIpc) is 2.46. The molecule has 2 rings (SSSR count). The molecule has 0 heterocycles. The number of nitrogens with one attached hydrogen (secondary N) is 1. The van der Waals surface area contributed by atoms with Gasteiger partial charge >= 0.3 is 0 Å². The van der Waals surface area contributed by atoms with Crippen molar-refractivity contribution in [2.45, 2.75) is 39.0 Å². The lowest BCUT2D eigenvalue weighted by atomic mass is 9.89. The predicted molar refractivity (Wildman–Crippen MR) is 79.9 cm³/mol. The topological polar surface area (TPSA) is 50.7 Å². The molecule has 1 amide bonds. The van der Waals surface area contributed by atoms with Crippen LogP contribution >= 0.6 is 0 Å². The van der Waals surface area contributed by atoms with Gasteiger partial charge < -0.3 is 4.74 Å². The summed E-state index contributed by atoms with van der Waals surface area (Å²) in [5, 5.41) is 4.26. The van der Waals surface area contributed by atoms with Crippen LogP contribution in [-0.4, -0.2) is 18.7 Å². The molecule has 1 atom stereocenters. The lowest BCUT2D eigenvalue weighted by molar-refractivity contribution is -0.120. The van der Waals surface area contributed by atoms with E-state index in [1.807, 2.05) is 24.3 Å². The first-order valence-corrected chi connectivity index (χ1v) is 7.14. The van der Waals surface area contributed by atoms with E-state index in [1.54, 1.807) is 7.11 Å². The highest BCUT2D eigenvalue weighted by molar-refractivity contribution is 5.87. The Morgan fingerprint density at radius 2 is 2.15 bits per heavy atom. The van der Waals surface area contributed by atoms with Gasteiger partial charge in [0.1, 0.15) is 5.75 Å². The maximum absolute atomic E-state index is 11.8. The third-order valence-corrected chi connectivity index (χ3v) is 3.61. The number of hydrazone groups is 1. The molecule has 1 saturated carbocycles. The highest BCUT2D eigenvalue weighted by Crippen LogP contribution is 2.20. The van der Waals surface area contributed by atoms with E-state index < -0.39 is 0 Å². The predicted octanol–water partition coefficient (Wildman–Crippen LogP) is 2.92. The van der Waals surface area contributed by atoms with Crippen LogP contribution in [-0.2, 0) is 11.2 Å². The number of methoxy groups -OCH3 is 1. The highest BCUT2D eigenvalue weighted by atomic mass is 16.5. The van der Waals surface area contributed by atoms with Crippen molar-refractivity contribution in [1.82, 2.24) is 5.43 Å². The molecule has 0 unspecified atom stereocenters. The minimum Gasteiger partial charge on any atom is -0.497 e. The number of nitrogens with zero attached hydrogens (tertiary/aromatic N) is 1. The van der Waals surface area contributed by atoms with Gasteiger partial charge in [0.05, 0.1) is 13.5 Å². The van der Waals surface area contributed by atoms with Crippen molar-refractivity contribution in [2.24, 2.45) is 11.0 Å². The van der Waals surface area contributed by atoms with Crippen molar-refractivity contribution in [2.75, 3.05) is 7.11 Å². The normalized spacial score (nSPS) is 20.7. The van der Waals surface area contributed by atoms with E-state index in [2.05, 4.69) is 17.5 Å². The second-order valence-corrected chi connectivity index (χ2v) is 5.44. The van der Waals surface area contributed by atoms with Gasteiger partial charge in [-0.05, 0) is 49.3 Å². The molecule has 1 aromatic carbocycles. The van der Waals surface area contributed by atoms with E-state index in [0.29, 0.717) is 12.3 Å². The summed E-state index contributed by atoms with van der Waals surface area (Å²) in [5.74, 6) is 1.41. The van der Waals surface area contributed by atoms with Gasteiger partial charge in [-0.3, -0.25) is 4.79 Å². The smallest absolute Gasteiger partial charge is 0.244 e. The van der Waals surface area contributed by atoms with Crippen molar-refractivity contribution in [3.8, 4) is 5.75 Å². The molecule has 108 valence electrons. The average molecular weight is 274 g/mol. The third-order valence-electron chi connectivity index (χ3n) is 3.61. The number of ether oxygens (including phenoxy) is 1. The van der Waals surface area contributed by atoms with Crippen LogP contribution in [0.5, 0.6) is 5.75 Å². The molecule has 1 fully saturated rings. The monoisotopic (exact) mass is 274 g/mol. The quantitative estimate of drug-likeness (QED) is 0.858. The minimum absolute atomic E-state index is 0.0686. The van der Waals surface area contributed by atoms with E-state index in [9.17, 15) is 4.79 Å². The molecule has 4 heteroatoms. The lowest BCUT2D eigenvalue weighted by Crippen LogP contribution is -2.23. The fourth-order valence-electron chi connectivity index (χ4n) is 2.47. The standard InChI is InChI=1S/C16H22N2O2/c1-12-4-3-5-14(10-12)17-18-16(19)11-13-6-8-15(20-2)9-7-13/h6-9,12H,3-5,10-11H2,1-2H3,(H,18,19)/t12-/m1/s1. The van der Waals surface area contributed by atoms with Crippen molar-refractivity contribution < 1.29 is 9.53 Å². The van der Waals surface area contributed by atoms with Gasteiger partial charge in [0.25, 0.3) is 0 Å². The number of carbonyl (C=O) groups is 1. The Hall–Kier alpha value is -1.84. The molecule has 0 aromatic heterocycles. The van der Waals surface area contributed by atoms with Gasteiger partial charge in [0, 0.05) is 5.71 Å². The van der Waals surface area contributed by atoms with Gasteiger partial charge in [-0.25, -0.2) is 5.43 Å². The van der Waals surface area contributed by atoms with Gasteiger partial charge in [0.2, 0.25) is 5.91 Å². The molecule has 1 aromatic rings. The van der Waals surface area contributed by atoms with Gasteiger partial charge in [-0.1, -0.05) is 19.1 Å². The van der Waals surface area contributed by atoms with Crippen molar-refractivity contribution in [3.63, 3.8) is 0 Å². The number of amides is 1. The lowest BCUT2D eigenvalue weighted by Gasteiger charge is -2.18. The highest BCUT2D eigenvalue weighted by Gasteiger charge is 2.14. The summed E-state index contributed by atoms with van der Waals surface area (Å²) in [5.41, 5.74) is 4.74. The number of hydrogen-bond acceptors (Lipinski definition) is 3. The second-order valence-electron chi connectivity index (χ2n) is 5.44. The Balaban J connectivity index is 1.84. The van der Waals surface area contributed by atoms with Crippen LogP contribution in [0.15, 0.2) is 29.4 Å². The van der Waals surface area contributed by atoms with Gasteiger partial charge in [-0.2, -0.15) is 5.10 Å². The molecule has 0 bridgehead atoms. The maximum Gasteiger partial charge on any atom is 0.244 e. The Morgan fingerprint density at radius 3 is 2.80 bits per heavy atom. The SMILES string of the molecule is COc1ccc(CC(=O)NN=C2CCC[C@@H](C)C2)cc1. The first-order valence-electron chi connectivity index (χ1n) is 7.14. The fraction of sp³-hybridized carbons (Fsp3) is 0.500. The zero-order valence-corrected chi connectivity index (χ0v) is 12.2. The van der Waals surface area contributed by atoms with Crippen LogP contribution < -0.4 is 10.2 Å². The Bertz CT molecular complexity index is 480. The number of benzene rings is 1. The minimum atomic E-state index is -0.0686. The van der Waals surface area contributed by atoms with E-state index in [1.165, 1.54) is 12.8 Å². The maximum atomic E-state index is 11.8. The van der Waals surface area contributed by atoms with Crippen LogP contribution in [0.25, 0.3) is 0 Å². The van der Waals surface area contributed by atoms with E-state index >= 15 is 0 Å². The van der Waals surface area contributed by atoms with Crippen molar-refractivity contribution in [3.05, 3.63) is 29.8 Å². The Kier molecular flexibility index (Phi) is 5.16. The largest absolute Gasteiger partial charge is 0.497 e. The van der Waals surface area contributed by atoms with Crippen molar-refractivity contribution >= 4 is 11.6 Å². The van der Waals surface area contributed by atoms with Crippen LogP contribution in [0.3, 0.4) is 0 Å². The zero-order valence-electron chi connectivity index (χ0n) is 12.2. The number of rotatable bonds is 4. The summed E-state index contributed by atoms with van der Waals surface area (Å²) >= 11 is 0. The number of carbonyl (C=O) groups excluding carboxylic acids is 1. The molecule has 1 N–H and O–H groups in total. The Morgan fingerprint density at radius 1 is 1.40 bits per heavy atom.